The summed E-state index contributed by atoms with van der Waals surface area (Å²) in [7, 11) is -3.60. The predicted octanol–water partition coefficient (Wildman–Crippen LogP) is 3.00. The van der Waals surface area contributed by atoms with Gasteiger partial charge in [-0.25, -0.2) is 8.42 Å². The van der Waals surface area contributed by atoms with Crippen LogP contribution >= 0.6 is 0 Å². The average molecular weight is 476 g/mol. The second-order valence-electron chi connectivity index (χ2n) is 10.1. The van der Waals surface area contributed by atoms with Crippen molar-refractivity contribution in [3.8, 4) is 0 Å². The fraction of sp³-hybridized carbons (Fsp3) is 0.625. The monoisotopic (exact) mass is 475 g/mol. The molecule has 2 aliphatic heterocycles. The minimum Gasteiger partial charge on any atom is -0.325 e. The van der Waals surface area contributed by atoms with Crippen LogP contribution in [0, 0.1) is 17.3 Å². The molecular weight excluding hydrogens is 442 g/mol. The zero-order valence-electron chi connectivity index (χ0n) is 19.4. The highest BCUT2D eigenvalue weighted by molar-refractivity contribution is 7.89. The standard InChI is InChI=1S/C24H33N3O5S/c1-17-12-18(2)15-26(14-17)33(31,32)20-8-6-19(7-9-20)25-21(28)16-27-22(29)13-24(23(27)30)10-4-3-5-11-24/h6-9,17-18H,3-5,10-16H2,1-2H3,(H,25,28). The van der Waals surface area contributed by atoms with E-state index in [1.807, 2.05) is 0 Å². The molecule has 180 valence electrons. The Morgan fingerprint density at radius 2 is 1.64 bits per heavy atom. The van der Waals surface area contributed by atoms with E-state index in [0.717, 1.165) is 30.6 Å². The number of hydrogen-bond acceptors (Lipinski definition) is 5. The summed E-state index contributed by atoms with van der Waals surface area (Å²) in [6.07, 6.45) is 5.57. The van der Waals surface area contributed by atoms with Crippen molar-refractivity contribution < 1.29 is 22.8 Å². The highest BCUT2D eigenvalue weighted by Crippen LogP contribution is 2.45. The summed E-state index contributed by atoms with van der Waals surface area (Å²) < 4.78 is 27.6. The minimum atomic E-state index is -3.60. The van der Waals surface area contributed by atoms with E-state index in [4.69, 9.17) is 0 Å². The summed E-state index contributed by atoms with van der Waals surface area (Å²) in [6.45, 7) is 4.81. The third-order valence-electron chi connectivity index (χ3n) is 7.21. The molecule has 33 heavy (non-hydrogen) atoms. The molecule has 4 rings (SSSR count). The Morgan fingerprint density at radius 1 is 1.03 bits per heavy atom. The topological polar surface area (TPSA) is 104 Å². The first kappa shape index (κ1) is 23.9. The van der Waals surface area contributed by atoms with Gasteiger partial charge in [0.05, 0.1) is 10.3 Å². The summed E-state index contributed by atoms with van der Waals surface area (Å²) in [5.74, 6) is -0.368. The van der Waals surface area contributed by atoms with E-state index >= 15 is 0 Å². The Bertz CT molecular complexity index is 1020. The van der Waals surface area contributed by atoms with Crippen molar-refractivity contribution in [2.45, 2.75) is 63.7 Å². The zero-order chi connectivity index (χ0) is 23.8. The van der Waals surface area contributed by atoms with Crippen LogP contribution in [0.4, 0.5) is 5.69 Å². The van der Waals surface area contributed by atoms with Crippen molar-refractivity contribution in [2.24, 2.45) is 17.3 Å². The van der Waals surface area contributed by atoms with Crippen LogP contribution in [0.2, 0.25) is 0 Å². The number of benzene rings is 1. The van der Waals surface area contributed by atoms with E-state index in [1.54, 1.807) is 0 Å². The number of amides is 3. The molecule has 3 amide bonds. The molecule has 3 aliphatic rings. The van der Waals surface area contributed by atoms with Crippen LogP contribution in [-0.4, -0.2) is 55.0 Å². The molecule has 1 aromatic rings. The molecule has 3 fully saturated rings. The van der Waals surface area contributed by atoms with Crippen LogP contribution in [0.15, 0.2) is 29.2 Å². The fourth-order valence-electron chi connectivity index (χ4n) is 5.64. The van der Waals surface area contributed by atoms with E-state index in [1.165, 1.54) is 28.6 Å². The van der Waals surface area contributed by atoms with Crippen LogP contribution < -0.4 is 5.32 Å². The van der Waals surface area contributed by atoms with Gasteiger partial charge in [0.15, 0.2) is 0 Å². The molecule has 2 saturated heterocycles. The number of likely N-dealkylation sites (tertiary alicyclic amines) is 1. The molecule has 9 heteroatoms. The number of carbonyl (C=O) groups is 3. The Morgan fingerprint density at radius 3 is 2.24 bits per heavy atom. The maximum absolute atomic E-state index is 13.0. The van der Waals surface area contributed by atoms with Crippen LogP contribution in [0.5, 0.6) is 0 Å². The fourth-order valence-corrected chi connectivity index (χ4v) is 7.32. The molecule has 8 nitrogen and oxygen atoms in total. The van der Waals surface area contributed by atoms with Gasteiger partial charge in [-0.2, -0.15) is 4.31 Å². The van der Waals surface area contributed by atoms with E-state index in [2.05, 4.69) is 19.2 Å². The molecule has 2 heterocycles. The number of anilines is 1. The van der Waals surface area contributed by atoms with Gasteiger partial charge in [-0.05, 0) is 55.4 Å². The molecule has 1 N–H and O–H groups in total. The summed E-state index contributed by atoms with van der Waals surface area (Å²) >= 11 is 0. The first-order valence-corrected chi connectivity index (χ1v) is 13.3. The summed E-state index contributed by atoms with van der Waals surface area (Å²) in [4.78, 5) is 39.2. The lowest BCUT2D eigenvalue weighted by Gasteiger charge is -2.34. The van der Waals surface area contributed by atoms with Gasteiger partial charge in [-0.15, -0.1) is 0 Å². The highest BCUT2D eigenvalue weighted by atomic mass is 32.2. The van der Waals surface area contributed by atoms with E-state index in [0.29, 0.717) is 43.5 Å². The number of nitrogens with one attached hydrogen (secondary N) is 1. The summed E-state index contributed by atoms with van der Waals surface area (Å²) in [5.41, 5.74) is -0.194. The smallest absolute Gasteiger partial charge is 0.244 e. The molecule has 1 aromatic carbocycles. The van der Waals surface area contributed by atoms with Crippen LogP contribution in [-0.2, 0) is 24.4 Å². The van der Waals surface area contributed by atoms with Gasteiger partial charge in [0.2, 0.25) is 27.7 Å². The van der Waals surface area contributed by atoms with Crippen molar-refractivity contribution in [1.82, 2.24) is 9.21 Å². The molecule has 0 radical (unpaired) electrons. The third-order valence-corrected chi connectivity index (χ3v) is 9.06. The van der Waals surface area contributed by atoms with Crippen LogP contribution in [0.25, 0.3) is 0 Å². The molecule has 1 spiro atoms. The Labute approximate surface area is 195 Å². The number of carbonyl (C=O) groups excluding carboxylic acids is 3. The summed E-state index contributed by atoms with van der Waals surface area (Å²) in [6, 6.07) is 6.05. The predicted molar refractivity (Wildman–Crippen MR) is 124 cm³/mol. The normalized spacial score (nSPS) is 26.1. The average Bonchev–Trinajstić information content (AvgIpc) is 2.97. The molecule has 2 unspecified atom stereocenters. The quantitative estimate of drug-likeness (QED) is 0.660. The van der Waals surface area contributed by atoms with E-state index in [9.17, 15) is 22.8 Å². The second-order valence-corrected chi connectivity index (χ2v) is 12.1. The molecule has 0 aromatic heterocycles. The highest BCUT2D eigenvalue weighted by Gasteiger charge is 2.51. The van der Waals surface area contributed by atoms with E-state index in [-0.39, 0.29) is 29.7 Å². The lowest BCUT2D eigenvalue weighted by molar-refractivity contribution is -0.144. The van der Waals surface area contributed by atoms with Gasteiger partial charge in [0.1, 0.15) is 6.54 Å². The third kappa shape index (κ3) is 4.84. The van der Waals surface area contributed by atoms with Crippen molar-refractivity contribution in [1.29, 1.82) is 0 Å². The van der Waals surface area contributed by atoms with Crippen molar-refractivity contribution in [3.05, 3.63) is 24.3 Å². The van der Waals surface area contributed by atoms with Crippen LogP contribution in [0.1, 0.15) is 58.8 Å². The maximum atomic E-state index is 13.0. The number of sulfonamides is 1. The largest absolute Gasteiger partial charge is 0.325 e. The Kier molecular flexibility index (Phi) is 6.64. The lowest BCUT2D eigenvalue weighted by atomic mass is 9.73. The van der Waals surface area contributed by atoms with Gasteiger partial charge in [0.25, 0.3) is 0 Å². The lowest BCUT2D eigenvalue weighted by Crippen LogP contribution is -2.42. The Balaban J connectivity index is 1.38. The minimum absolute atomic E-state index is 0.186. The number of piperidine rings is 1. The van der Waals surface area contributed by atoms with E-state index < -0.39 is 21.3 Å². The summed E-state index contributed by atoms with van der Waals surface area (Å²) in [5, 5.41) is 2.68. The number of nitrogens with zero attached hydrogens (tertiary/aromatic N) is 2. The van der Waals surface area contributed by atoms with Crippen molar-refractivity contribution in [2.75, 3.05) is 25.0 Å². The molecular formula is C24H33N3O5S. The number of imide groups is 1. The molecule has 2 atom stereocenters. The maximum Gasteiger partial charge on any atom is 0.244 e. The van der Waals surface area contributed by atoms with Gasteiger partial charge >= 0.3 is 0 Å². The van der Waals surface area contributed by atoms with Crippen molar-refractivity contribution >= 4 is 33.4 Å². The molecule has 1 saturated carbocycles. The zero-order valence-corrected chi connectivity index (χ0v) is 20.2. The first-order valence-electron chi connectivity index (χ1n) is 11.9. The number of rotatable bonds is 5. The van der Waals surface area contributed by atoms with Gasteiger partial charge in [0, 0.05) is 25.2 Å². The van der Waals surface area contributed by atoms with Crippen LogP contribution in [0.3, 0.4) is 0 Å². The van der Waals surface area contributed by atoms with Gasteiger partial charge < -0.3 is 5.32 Å². The molecule has 0 bridgehead atoms. The van der Waals surface area contributed by atoms with Crippen molar-refractivity contribution in [3.63, 3.8) is 0 Å². The number of hydrogen-bond donors (Lipinski definition) is 1. The van der Waals surface area contributed by atoms with Gasteiger partial charge in [-0.3, -0.25) is 19.3 Å². The van der Waals surface area contributed by atoms with Gasteiger partial charge in [-0.1, -0.05) is 33.1 Å². The molecule has 1 aliphatic carbocycles. The Hall–Kier alpha value is -2.26. The first-order chi connectivity index (χ1) is 15.6. The second kappa shape index (κ2) is 9.18. The SMILES string of the molecule is CC1CC(C)CN(S(=O)(=O)c2ccc(NC(=O)CN3C(=O)CC4(CCCCC4)C3=O)cc2)C1.